The summed E-state index contributed by atoms with van der Waals surface area (Å²) >= 11 is 0. The minimum absolute atomic E-state index is 0.595. The highest BCUT2D eigenvalue weighted by Gasteiger charge is 2.50. The lowest BCUT2D eigenvalue weighted by Gasteiger charge is -2.12. The van der Waals surface area contributed by atoms with Crippen molar-refractivity contribution in [3.05, 3.63) is 19.1 Å². The molecule has 1 radical (unpaired) electrons. The molecule has 2 atom stereocenters. The molecule has 2 rings (SSSR count). The van der Waals surface area contributed by atoms with E-state index in [1.165, 1.54) is 19.3 Å². The lowest BCUT2D eigenvalue weighted by Crippen LogP contribution is -2.01. The molecule has 0 saturated heterocycles. The summed E-state index contributed by atoms with van der Waals surface area (Å²) in [6.07, 6.45) is 10.0. The lowest BCUT2D eigenvalue weighted by molar-refractivity contribution is 0.525. The third kappa shape index (κ3) is 0.654. The lowest BCUT2D eigenvalue weighted by atomic mass is 9.93. The standard InChI is InChI=1S/C9H13/c1-2-9-6-4-3-5-8(9)7-9/h4,6,8H,1-3,5,7H2. The van der Waals surface area contributed by atoms with Crippen molar-refractivity contribution >= 4 is 0 Å². The van der Waals surface area contributed by atoms with Crippen LogP contribution in [0.5, 0.6) is 0 Å². The summed E-state index contributed by atoms with van der Waals surface area (Å²) < 4.78 is 0. The molecule has 0 amide bonds. The van der Waals surface area contributed by atoms with Crippen molar-refractivity contribution in [3.63, 3.8) is 0 Å². The zero-order valence-electron chi connectivity index (χ0n) is 5.77. The summed E-state index contributed by atoms with van der Waals surface area (Å²) in [4.78, 5) is 0. The van der Waals surface area contributed by atoms with E-state index in [0.29, 0.717) is 5.41 Å². The van der Waals surface area contributed by atoms with Crippen LogP contribution >= 0.6 is 0 Å². The van der Waals surface area contributed by atoms with E-state index in [2.05, 4.69) is 19.1 Å². The molecule has 0 aromatic rings. The van der Waals surface area contributed by atoms with Crippen LogP contribution in [0.25, 0.3) is 0 Å². The van der Waals surface area contributed by atoms with Crippen LogP contribution in [0.15, 0.2) is 12.2 Å². The predicted octanol–water partition coefficient (Wildman–Crippen LogP) is 2.57. The van der Waals surface area contributed by atoms with Crippen molar-refractivity contribution in [3.8, 4) is 0 Å². The van der Waals surface area contributed by atoms with Gasteiger partial charge in [0, 0.05) is 0 Å². The fraction of sp³-hybridized carbons (Fsp3) is 0.667. The molecular formula is C9H13. The van der Waals surface area contributed by atoms with E-state index in [9.17, 15) is 0 Å². The molecule has 0 N–H and O–H groups in total. The van der Waals surface area contributed by atoms with Gasteiger partial charge in [-0.3, -0.25) is 0 Å². The summed E-state index contributed by atoms with van der Waals surface area (Å²) in [5.74, 6) is 1.01. The van der Waals surface area contributed by atoms with Crippen molar-refractivity contribution in [1.82, 2.24) is 0 Å². The third-order valence-corrected chi connectivity index (χ3v) is 2.88. The van der Waals surface area contributed by atoms with Gasteiger partial charge in [0.05, 0.1) is 0 Å². The Kier molecular flexibility index (Phi) is 0.992. The van der Waals surface area contributed by atoms with E-state index in [1.807, 2.05) is 0 Å². The number of hydrogen-bond donors (Lipinski definition) is 0. The third-order valence-electron chi connectivity index (χ3n) is 2.88. The SMILES string of the molecule is [CH2]CC12C=CCCC1C2. The van der Waals surface area contributed by atoms with Crippen molar-refractivity contribution < 1.29 is 0 Å². The first-order valence-electron chi connectivity index (χ1n) is 3.84. The van der Waals surface area contributed by atoms with E-state index < -0.39 is 0 Å². The number of rotatable bonds is 1. The second-order valence-electron chi connectivity index (χ2n) is 3.36. The largest absolute Gasteiger partial charge is 0.0880 e. The Balaban J connectivity index is 2.16. The highest BCUT2D eigenvalue weighted by Crippen LogP contribution is 2.60. The zero-order valence-corrected chi connectivity index (χ0v) is 5.77. The van der Waals surface area contributed by atoms with E-state index in [4.69, 9.17) is 0 Å². The molecule has 2 unspecified atom stereocenters. The van der Waals surface area contributed by atoms with Crippen molar-refractivity contribution in [1.29, 1.82) is 0 Å². The van der Waals surface area contributed by atoms with Crippen LogP contribution < -0.4 is 0 Å². The second kappa shape index (κ2) is 1.62. The maximum atomic E-state index is 3.97. The second-order valence-corrected chi connectivity index (χ2v) is 3.36. The Morgan fingerprint density at radius 3 is 3.11 bits per heavy atom. The molecule has 9 heavy (non-hydrogen) atoms. The number of hydrogen-bond acceptors (Lipinski definition) is 0. The Labute approximate surface area is 57.0 Å². The molecule has 0 aromatic heterocycles. The van der Waals surface area contributed by atoms with Crippen LogP contribution in [-0.2, 0) is 0 Å². The van der Waals surface area contributed by atoms with Crippen LogP contribution in [0.1, 0.15) is 25.7 Å². The maximum Gasteiger partial charge on any atom is -0.00866 e. The van der Waals surface area contributed by atoms with E-state index in [0.717, 1.165) is 12.3 Å². The predicted molar refractivity (Wildman–Crippen MR) is 38.9 cm³/mol. The fourth-order valence-electron chi connectivity index (χ4n) is 2.00. The minimum atomic E-state index is 0.595. The van der Waals surface area contributed by atoms with Gasteiger partial charge in [0.2, 0.25) is 0 Å². The van der Waals surface area contributed by atoms with E-state index >= 15 is 0 Å². The van der Waals surface area contributed by atoms with Gasteiger partial charge in [-0.2, -0.15) is 0 Å². The molecule has 0 aliphatic heterocycles. The summed E-state index contributed by atoms with van der Waals surface area (Å²) in [5.41, 5.74) is 0.595. The summed E-state index contributed by atoms with van der Waals surface area (Å²) in [6.45, 7) is 3.97. The zero-order chi connectivity index (χ0) is 6.32. The van der Waals surface area contributed by atoms with Crippen LogP contribution in [-0.4, -0.2) is 0 Å². The molecule has 0 heterocycles. The number of fused-ring (bicyclic) bond motifs is 1. The fourth-order valence-corrected chi connectivity index (χ4v) is 2.00. The summed E-state index contributed by atoms with van der Waals surface area (Å²) in [5, 5.41) is 0. The Hall–Kier alpha value is -0.260. The molecule has 0 aromatic carbocycles. The van der Waals surface area contributed by atoms with Crippen LogP contribution in [0.2, 0.25) is 0 Å². The van der Waals surface area contributed by atoms with Crippen LogP contribution in [0, 0.1) is 18.3 Å². The van der Waals surface area contributed by atoms with Crippen molar-refractivity contribution in [2.24, 2.45) is 11.3 Å². The summed E-state index contributed by atoms with van der Waals surface area (Å²) in [6, 6.07) is 0. The molecule has 1 saturated carbocycles. The van der Waals surface area contributed by atoms with Gasteiger partial charge >= 0.3 is 0 Å². The average molecular weight is 121 g/mol. The van der Waals surface area contributed by atoms with Gasteiger partial charge in [0.25, 0.3) is 0 Å². The first-order chi connectivity index (χ1) is 4.37. The van der Waals surface area contributed by atoms with Gasteiger partial charge in [0.15, 0.2) is 0 Å². The van der Waals surface area contributed by atoms with Crippen molar-refractivity contribution in [2.75, 3.05) is 0 Å². The average Bonchev–Trinajstić information content (AvgIpc) is 2.62. The molecule has 2 aliphatic rings. The Morgan fingerprint density at radius 2 is 2.56 bits per heavy atom. The normalized spacial score (nSPS) is 46.6. The van der Waals surface area contributed by atoms with Gasteiger partial charge < -0.3 is 0 Å². The van der Waals surface area contributed by atoms with Gasteiger partial charge in [-0.05, 0) is 37.0 Å². The van der Waals surface area contributed by atoms with Crippen LogP contribution in [0.4, 0.5) is 0 Å². The van der Waals surface area contributed by atoms with Crippen LogP contribution in [0.3, 0.4) is 0 Å². The van der Waals surface area contributed by atoms with E-state index in [1.54, 1.807) is 0 Å². The first kappa shape index (κ1) is 5.52. The highest BCUT2D eigenvalue weighted by molar-refractivity contribution is 5.18. The van der Waals surface area contributed by atoms with Crippen molar-refractivity contribution in [2.45, 2.75) is 25.7 Å². The number of allylic oxidation sites excluding steroid dienone is 2. The molecule has 49 valence electrons. The van der Waals surface area contributed by atoms with Gasteiger partial charge in [-0.1, -0.05) is 19.1 Å². The monoisotopic (exact) mass is 121 g/mol. The molecule has 0 heteroatoms. The minimum Gasteiger partial charge on any atom is -0.0880 e. The Bertz CT molecular complexity index is 146. The van der Waals surface area contributed by atoms with Gasteiger partial charge in [-0.25, -0.2) is 0 Å². The quantitative estimate of drug-likeness (QED) is 0.468. The molecule has 2 aliphatic carbocycles. The first-order valence-corrected chi connectivity index (χ1v) is 3.84. The van der Waals surface area contributed by atoms with Gasteiger partial charge in [0.1, 0.15) is 0 Å². The smallest absolute Gasteiger partial charge is 0.00866 e. The molecule has 0 nitrogen and oxygen atoms in total. The molecular weight excluding hydrogens is 108 g/mol. The Morgan fingerprint density at radius 1 is 1.67 bits per heavy atom. The topological polar surface area (TPSA) is 0 Å². The molecule has 0 bridgehead atoms. The summed E-state index contributed by atoms with van der Waals surface area (Å²) in [7, 11) is 0. The highest BCUT2D eigenvalue weighted by atomic mass is 14.5. The van der Waals surface area contributed by atoms with E-state index in [-0.39, 0.29) is 0 Å². The molecule has 0 spiro atoms. The molecule has 1 fully saturated rings. The van der Waals surface area contributed by atoms with Gasteiger partial charge in [-0.15, -0.1) is 0 Å². The maximum absolute atomic E-state index is 3.97.